The Bertz CT molecular complexity index is 922. The van der Waals surface area contributed by atoms with Crippen LogP contribution in [0, 0.1) is 5.92 Å². The number of likely N-dealkylation sites (N-methyl/N-ethyl adjacent to an activating group) is 1. The molecule has 1 aliphatic heterocycles. The number of allylic oxidation sites excluding steroid dienone is 1. The van der Waals surface area contributed by atoms with E-state index in [0.717, 1.165) is 61.0 Å². The molecule has 0 radical (unpaired) electrons. The number of fused-ring (bicyclic) bond motifs is 1. The summed E-state index contributed by atoms with van der Waals surface area (Å²) in [6.45, 7) is 6.15. The Morgan fingerprint density at radius 1 is 1.17 bits per heavy atom. The Morgan fingerprint density at radius 2 is 1.97 bits per heavy atom. The van der Waals surface area contributed by atoms with E-state index in [2.05, 4.69) is 45.5 Å². The van der Waals surface area contributed by atoms with Gasteiger partial charge in [0.1, 0.15) is 11.9 Å². The number of benzene rings is 1. The van der Waals surface area contributed by atoms with Gasteiger partial charge in [-0.1, -0.05) is 24.2 Å². The number of hydrogen-bond donors (Lipinski definition) is 0. The molecular formula is C24H29ClN4O. The van der Waals surface area contributed by atoms with Gasteiger partial charge in [-0.15, -0.1) is 0 Å². The van der Waals surface area contributed by atoms with Crippen molar-refractivity contribution in [3.05, 3.63) is 65.5 Å². The van der Waals surface area contributed by atoms with E-state index in [1.807, 2.05) is 31.3 Å². The summed E-state index contributed by atoms with van der Waals surface area (Å²) in [5.74, 6) is 2.13. The molecule has 2 aliphatic rings. The number of aromatic nitrogens is 1. The normalized spacial score (nSPS) is 23.7. The van der Waals surface area contributed by atoms with Gasteiger partial charge in [0.2, 0.25) is 5.88 Å². The summed E-state index contributed by atoms with van der Waals surface area (Å²) < 4.78 is 6.08. The monoisotopic (exact) mass is 424 g/mol. The summed E-state index contributed by atoms with van der Waals surface area (Å²) in [6.07, 6.45) is 6.07. The van der Waals surface area contributed by atoms with Crippen molar-refractivity contribution in [2.24, 2.45) is 10.9 Å². The molecule has 1 aromatic carbocycles. The van der Waals surface area contributed by atoms with Gasteiger partial charge >= 0.3 is 0 Å². The molecule has 4 rings (SSSR count). The van der Waals surface area contributed by atoms with Crippen molar-refractivity contribution in [3.8, 4) is 5.88 Å². The van der Waals surface area contributed by atoms with Gasteiger partial charge < -0.3 is 9.64 Å². The van der Waals surface area contributed by atoms with E-state index < -0.39 is 0 Å². The van der Waals surface area contributed by atoms with Crippen LogP contribution in [0.5, 0.6) is 5.88 Å². The first-order chi connectivity index (χ1) is 14.5. The zero-order valence-electron chi connectivity index (χ0n) is 17.7. The first-order valence-corrected chi connectivity index (χ1v) is 10.9. The van der Waals surface area contributed by atoms with E-state index in [-0.39, 0.29) is 6.10 Å². The molecule has 6 heteroatoms. The number of ether oxygens (including phenoxy) is 1. The number of pyridine rings is 1. The molecule has 2 heterocycles. The average Bonchev–Trinajstić information content (AvgIpc) is 2.89. The molecular weight excluding hydrogens is 396 g/mol. The third-order valence-corrected chi connectivity index (χ3v) is 6.24. The lowest BCUT2D eigenvalue weighted by Crippen LogP contribution is -2.39. The van der Waals surface area contributed by atoms with Crippen LogP contribution in [-0.2, 0) is 6.54 Å². The molecule has 0 unspecified atom stereocenters. The highest BCUT2D eigenvalue weighted by Gasteiger charge is 2.31. The Morgan fingerprint density at radius 3 is 2.67 bits per heavy atom. The standard InChI is InChI=1S/C24H29ClN4O/c1-17(18-7-10-21(11-8-18)30-24-6-4-5-13-27-24)29-22-12-9-20(25)14-19(22)15-28(3)16-23(29)26-2/h4-6,9,12-14,18,21H,1,7-8,10-11,15-16H2,2-3H3. The largest absolute Gasteiger partial charge is 0.474 e. The average molecular weight is 425 g/mol. The Kier molecular flexibility index (Phi) is 6.40. The van der Waals surface area contributed by atoms with E-state index in [0.29, 0.717) is 11.8 Å². The lowest BCUT2D eigenvalue weighted by Gasteiger charge is -2.36. The minimum atomic E-state index is 0.213. The fourth-order valence-corrected chi connectivity index (χ4v) is 4.67. The maximum atomic E-state index is 6.30. The Hall–Kier alpha value is -2.37. The van der Waals surface area contributed by atoms with Gasteiger partial charge in [-0.25, -0.2) is 4.98 Å². The molecule has 1 saturated carbocycles. The molecule has 158 valence electrons. The molecule has 1 aliphatic carbocycles. The molecule has 2 aromatic rings. The number of anilines is 1. The molecule has 1 fully saturated rings. The van der Waals surface area contributed by atoms with E-state index in [1.165, 1.54) is 5.56 Å². The van der Waals surface area contributed by atoms with Gasteiger partial charge in [0, 0.05) is 36.6 Å². The van der Waals surface area contributed by atoms with Crippen LogP contribution >= 0.6 is 11.6 Å². The van der Waals surface area contributed by atoms with Crippen LogP contribution in [0.1, 0.15) is 31.2 Å². The zero-order chi connectivity index (χ0) is 21.1. The van der Waals surface area contributed by atoms with Gasteiger partial charge in [-0.05, 0) is 68.5 Å². The summed E-state index contributed by atoms with van der Waals surface area (Å²) >= 11 is 6.30. The van der Waals surface area contributed by atoms with Crippen molar-refractivity contribution in [1.29, 1.82) is 0 Å². The lowest BCUT2D eigenvalue weighted by molar-refractivity contribution is 0.133. The van der Waals surface area contributed by atoms with Crippen molar-refractivity contribution < 1.29 is 4.74 Å². The first-order valence-electron chi connectivity index (χ1n) is 10.5. The van der Waals surface area contributed by atoms with Crippen molar-refractivity contribution in [2.45, 2.75) is 38.3 Å². The van der Waals surface area contributed by atoms with Crippen molar-refractivity contribution >= 4 is 23.1 Å². The molecule has 0 N–H and O–H groups in total. The van der Waals surface area contributed by atoms with Crippen LogP contribution in [0.4, 0.5) is 5.69 Å². The van der Waals surface area contributed by atoms with Crippen LogP contribution in [0.25, 0.3) is 0 Å². The number of rotatable bonds is 4. The third-order valence-electron chi connectivity index (χ3n) is 6.01. The molecule has 0 bridgehead atoms. The third kappa shape index (κ3) is 4.52. The van der Waals surface area contributed by atoms with Crippen molar-refractivity contribution in [1.82, 2.24) is 9.88 Å². The first kappa shape index (κ1) is 20.9. The second kappa shape index (κ2) is 9.19. The molecule has 1 aromatic heterocycles. The van der Waals surface area contributed by atoms with Crippen molar-refractivity contribution in [3.63, 3.8) is 0 Å². The minimum Gasteiger partial charge on any atom is -0.474 e. The maximum absolute atomic E-state index is 6.30. The topological polar surface area (TPSA) is 41.0 Å². The molecule has 0 amide bonds. The highest BCUT2D eigenvalue weighted by molar-refractivity contribution is 6.30. The minimum absolute atomic E-state index is 0.213. The number of aliphatic imine (C=N–C) groups is 1. The van der Waals surface area contributed by atoms with Crippen LogP contribution in [-0.4, -0.2) is 42.5 Å². The maximum Gasteiger partial charge on any atom is 0.213 e. The zero-order valence-corrected chi connectivity index (χ0v) is 18.5. The Balaban J connectivity index is 1.51. The molecule has 5 nitrogen and oxygen atoms in total. The van der Waals surface area contributed by atoms with Crippen LogP contribution in [0.15, 0.2) is 59.9 Å². The fourth-order valence-electron chi connectivity index (χ4n) is 4.47. The molecule has 30 heavy (non-hydrogen) atoms. The van der Waals surface area contributed by atoms with E-state index in [1.54, 1.807) is 6.20 Å². The summed E-state index contributed by atoms with van der Waals surface area (Å²) in [4.78, 5) is 13.4. The SMILES string of the molecule is C=C(C1CCC(Oc2ccccn2)CC1)N1C(=NC)CN(C)Cc2cc(Cl)ccc21. The summed E-state index contributed by atoms with van der Waals surface area (Å²) in [5.41, 5.74) is 3.46. The molecule has 0 spiro atoms. The van der Waals surface area contributed by atoms with Gasteiger partial charge in [0.15, 0.2) is 0 Å². The predicted molar refractivity (Wildman–Crippen MR) is 123 cm³/mol. The van der Waals surface area contributed by atoms with Crippen LogP contribution in [0.3, 0.4) is 0 Å². The van der Waals surface area contributed by atoms with Crippen LogP contribution in [0.2, 0.25) is 5.02 Å². The van der Waals surface area contributed by atoms with Gasteiger partial charge in [0.05, 0.1) is 12.2 Å². The quantitative estimate of drug-likeness (QED) is 0.679. The summed E-state index contributed by atoms with van der Waals surface area (Å²) in [5, 5.41) is 0.761. The number of amidine groups is 1. The summed E-state index contributed by atoms with van der Waals surface area (Å²) in [6, 6.07) is 11.9. The van der Waals surface area contributed by atoms with E-state index >= 15 is 0 Å². The van der Waals surface area contributed by atoms with Crippen molar-refractivity contribution in [2.75, 3.05) is 25.5 Å². The predicted octanol–water partition coefficient (Wildman–Crippen LogP) is 5.17. The smallest absolute Gasteiger partial charge is 0.213 e. The second-order valence-electron chi connectivity index (χ2n) is 8.17. The van der Waals surface area contributed by atoms with Gasteiger partial charge in [-0.2, -0.15) is 0 Å². The number of nitrogens with zero attached hydrogens (tertiary/aromatic N) is 4. The Labute approximate surface area is 184 Å². The lowest BCUT2D eigenvalue weighted by atomic mass is 9.84. The molecule has 0 atom stereocenters. The highest BCUT2D eigenvalue weighted by atomic mass is 35.5. The fraction of sp³-hybridized carbons (Fsp3) is 0.417. The van der Waals surface area contributed by atoms with E-state index in [4.69, 9.17) is 16.3 Å². The highest BCUT2D eigenvalue weighted by Crippen LogP contribution is 2.37. The summed E-state index contributed by atoms with van der Waals surface area (Å²) in [7, 11) is 3.98. The van der Waals surface area contributed by atoms with Gasteiger partial charge in [-0.3, -0.25) is 9.89 Å². The number of halogens is 1. The van der Waals surface area contributed by atoms with E-state index in [9.17, 15) is 0 Å². The van der Waals surface area contributed by atoms with Gasteiger partial charge in [0.25, 0.3) is 0 Å². The number of hydrogen-bond acceptors (Lipinski definition) is 4. The van der Waals surface area contributed by atoms with Crippen LogP contribution < -0.4 is 9.64 Å². The second-order valence-corrected chi connectivity index (χ2v) is 8.61. The molecule has 0 saturated heterocycles.